The van der Waals surface area contributed by atoms with Crippen LogP contribution in [0.1, 0.15) is 18.1 Å². The maximum Gasteiger partial charge on any atom is 0.0568 e. The molecule has 0 aromatic heterocycles. The molecule has 1 N–H and O–H groups in total. The Morgan fingerprint density at radius 2 is 1.83 bits per heavy atom. The van der Waals surface area contributed by atoms with Crippen molar-refractivity contribution in [3.8, 4) is 0 Å². The van der Waals surface area contributed by atoms with Crippen molar-refractivity contribution in [1.29, 1.82) is 0 Å². The minimum absolute atomic E-state index is 0.726. The highest BCUT2D eigenvalue weighted by Crippen LogP contribution is 2.25. The maximum absolute atomic E-state index is 6.07. The molecule has 18 heavy (non-hydrogen) atoms. The summed E-state index contributed by atoms with van der Waals surface area (Å²) >= 11 is 9.46. The third-order valence-electron chi connectivity index (χ3n) is 2.90. The summed E-state index contributed by atoms with van der Waals surface area (Å²) in [7, 11) is 0. The second-order valence-electron chi connectivity index (χ2n) is 4.10. The molecule has 3 heteroatoms. The molecule has 0 heterocycles. The predicted octanol–water partition coefficient (Wildman–Crippen LogP) is 5.28. The first kappa shape index (κ1) is 13.4. The number of benzene rings is 2. The summed E-state index contributed by atoms with van der Waals surface area (Å²) in [5.41, 5.74) is 3.75. The Balaban J connectivity index is 2.09. The quantitative estimate of drug-likeness (QED) is 0.807. The van der Waals surface area contributed by atoms with Crippen molar-refractivity contribution in [2.75, 3.05) is 5.32 Å². The molecule has 0 fully saturated rings. The fourth-order valence-corrected chi connectivity index (χ4v) is 2.31. The maximum atomic E-state index is 6.07. The predicted molar refractivity (Wildman–Crippen MR) is 82.3 cm³/mol. The van der Waals surface area contributed by atoms with Gasteiger partial charge in [0.25, 0.3) is 0 Å². The summed E-state index contributed by atoms with van der Waals surface area (Å²) in [6, 6.07) is 14.4. The molecule has 2 rings (SSSR count). The van der Waals surface area contributed by atoms with Gasteiger partial charge in [-0.25, -0.2) is 0 Å². The van der Waals surface area contributed by atoms with Crippen molar-refractivity contribution in [2.24, 2.45) is 0 Å². The molecule has 0 aliphatic carbocycles. The molecule has 2 aromatic rings. The molecule has 0 unspecified atom stereocenters. The average molecular weight is 325 g/mol. The van der Waals surface area contributed by atoms with Crippen LogP contribution in [0.5, 0.6) is 0 Å². The van der Waals surface area contributed by atoms with Crippen molar-refractivity contribution in [1.82, 2.24) is 0 Å². The third-order valence-corrected chi connectivity index (χ3v) is 4.13. The van der Waals surface area contributed by atoms with Crippen LogP contribution in [0.3, 0.4) is 0 Å². The van der Waals surface area contributed by atoms with Gasteiger partial charge in [0, 0.05) is 16.7 Å². The number of hydrogen-bond donors (Lipinski definition) is 1. The van der Waals surface area contributed by atoms with E-state index < -0.39 is 0 Å². The lowest BCUT2D eigenvalue weighted by Gasteiger charge is -2.10. The van der Waals surface area contributed by atoms with Gasteiger partial charge in [0.1, 0.15) is 0 Å². The van der Waals surface area contributed by atoms with Crippen molar-refractivity contribution in [3.05, 3.63) is 63.1 Å². The van der Waals surface area contributed by atoms with Crippen molar-refractivity contribution in [2.45, 2.75) is 19.9 Å². The average Bonchev–Trinajstić information content (AvgIpc) is 2.40. The largest absolute Gasteiger partial charge is 0.381 e. The highest BCUT2D eigenvalue weighted by atomic mass is 79.9. The summed E-state index contributed by atoms with van der Waals surface area (Å²) in [5.74, 6) is 0. The molecule has 94 valence electrons. The van der Waals surface area contributed by atoms with E-state index in [0.717, 1.165) is 28.1 Å². The molecule has 0 aliphatic heterocycles. The Bertz CT molecular complexity index is 540. The number of halogens is 2. The molecule has 2 aromatic carbocycles. The summed E-state index contributed by atoms with van der Waals surface area (Å²) in [5, 5.41) is 4.12. The number of rotatable bonds is 4. The van der Waals surface area contributed by atoms with Crippen LogP contribution in [-0.2, 0) is 13.0 Å². The Morgan fingerprint density at radius 3 is 2.50 bits per heavy atom. The Morgan fingerprint density at radius 1 is 1.11 bits per heavy atom. The van der Waals surface area contributed by atoms with Gasteiger partial charge in [0.2, 0.25) is 0 Å². The lowest BCUT2D eigenvalue weighted by atomic mass is 10.1. The van der Waals surface area contributed by atoms with Gasteiger partial charge in [0.05, 0.1) is 5.02 Å². The van der Waals surface area contributed by atoms with Crippen LogP contribution in [0.25, 0.3) is 0 Å². The Labute approximate surface area is 121 Å². The van der Waals surface area contributed by atoms with Crippen LogP contribution in [0.2, 0.25) is 5.02 Å². The van der Waals surface area contributed by atoms with Crippen LogP contribution in [0.15, 0.2) is 46.9 Å². The summed E-state index contributed by atoms with van der Waals surface area (Å²) < 4.78 is 0.920. The third kappa shape index (κ3) is 3.27. The Kier molecular flexibility index (Phi) is 4.67. The smallest absolute Gasteiger partial charge is 0.0568 e. The van der Waals surface area contributed by atoms with E-state index >= 15 is 0 Å². The summed E-state index contributed by atoms with van der Waals surface area (Å²) in [4.78, 5) is 0. The van der Waals surface area contributed by atoms with Crippen molar-refractivity contribution < 1.29 is 0 Å². The van der Waals surface area contributed by atoms with E-state index in [-0.39, 0.29) is 0 Å². The van der Waals surface area contributed by atoms with E-state index in [2.05, 4.69) is 52.4 Å². The highest BCUT2D eigenvalue weighted by molar-refractivity contribution is 9.10. The van der Waals surface area contributed by atoms with Crippen molar-refractivity contribution in [3.63, 3.8) is 0 Å². The lowest BCUT2D eigenvalue weighted by Crippen LogP contribution is -2.02. The second kappa shape index (κ2) is 6.26. The fourth-order valence-electron chi connectivity index (χ4n) is 1.88. The van der Waals surface area contributed by atoms with Gasteiger partial charge in [-0.15, -0.1) is 0 Å². The number of anilines is 1. The van der Waals surface area contributed by atoms with Gasteiger partial charge < -0.3 is 5.32 Å². The minimum Gasteiger partial charge on any atom is -0.381 e. The van der Waals surface area contributed by atoms with E-state index in [4.69, 9.17) is 11.6 Å². The van der Waals surface area contributed by atoms with Crippen LogP contribution in [0.4, 0.5) is 5.69 Å². The monoisotopic (exact) mass is 323 g/mol. The molecule has 0 aliphatic rings. The van der Waals surface area contributed by atoms with Crippen LogP contribution in [-0.4, -0.2) is 0 Å². The second-order valence-corrected chi connectivity index (χ2v) is 5.37. The van der Waals surface area contributed by atoms with Gasteiger partial charge in [0.15, 0.2) is 0 Å². The van der Waals surface area contributed by atoms with E-state index in [1.54, 1.807) is 0 Å². The first-order chi connectivity index (χ1) is 8.70. The standard InChI is InChI=1S/C15H15BrClN/c1-2-11-5-3-4-6-12(11)10-18-13-7-8-14(16)15(17)9-13/h3-9,18H,2,10H2,1H3. The molecular formula is C15H15BrClN. The number of nitrogens with one attached hydrogen (secondary N) is 1. The molecule has 1 nitrogen and oxygen atoms in total. The van der Waals surface area contributed by atoms with Gasteiger partial charge in [-0.2, -0.15) is 0 Å². The number of hydrogen-bond acceptors (Lipinski definition) is 1. The van der Waals surface area contributed by atoms with Gasteiger partial charge in [-0.05, 0) is 51.7 Å². The first-order valence-electron chi connectivity index (χ1n) is 5.96. The first-order valence-corrected chi connectivity index (χ1v) is 7.13. The SMILES string of the molecule is CCc1ccccc1CNc1ccc(Br)c(Cl)c1. The van der Waals surface area contributed by atoms with Gasteiger partial charge in [-0.1, -0.05) is 42.8 Å². The molecule has 0 bridgehead atoms. The van der Waals surface area contributed by atoms with Crippen molar-refractivity contribution >= 4 is 33.2 Å². The van der Waals surface area contributed by atoms with Gasteiger partial charge >= 0.3 is 0 Å². The molecule has 0 saturated heterocycles. The minimum atomic E-state index is 0.726. The zero-order chi connectivity index (χ0) is 13.0. The zero-order valence-corrected chi connectivity index (χ0v) is 12.6. The molecular weight excluding hydrogens is 310 g/mol. The molecule has 0 radical (unpaired) electrons. The van der Waals surface area contributed by atoms with E-state index in [1.807, 2.05) is 18.2 Å². The van der Waals surface area contributed by atoms with E-state index in [0.29, 0.717) is 0 Å². The van der Waals surface area contributed by atoms with E-state index in [9.17, 15) is 0 Å². The Hall–Kier alpha value is -0.990. The van der Waals surface area contributed by atoms with Crippen LogP contribution < -0.4 is 5.32 Å². The zero-order valence-electron chi connectivity index (χ0n) is 10.2. The summed E-state index contributed by atoms with van der Waals surface area (Å²) in [6.45, 7) is 3.00. The normalized spacial score (nSPS) is 10.4. The molecule has 0 spiro atoms. The highest BCUT2D eigenvalue weighted by Gasteiger charge is 2.01. The number of aryl methyl sites for hydroxylation is 1. The van der Waals surface area contributed by atoms with Crippen LogP contribution in [0, 0.1) is 0 Å². The lowest BCUT2D eigenvalue weighted by molar-refractivity contribution is 1.04. The molecule has 0 atom stereocenters. The van der Waals surface area contributed by atoms with Gasteiger partial charge in [-0.3, -0.25) is 0 Å². The molecule has 0 amide bonds. The van der Waals surface area contributed by atoms with E-state index in [1.165, 1.54) is 11.1 Å². The summed E-state index contributed by atoms with van der Waals surface area (Å²) in [6.07, 6.45) is 1.05. The van der Waals surface area contributed by atoms with Crippen LogP contribution >= 0.6 is 27.5 Å². The molecule has 0 saturated carbocycles. The fraction of sp³-hybridized carbons (Fsp3) is 0.200. The topological polar surface area (TPSA) is 12.0 Å².